The van der Waals surface area contributed by atoms with E-state index in [4.69, 9.17) is 9.47 Å². The fourth-order valence-electron chi connectivity index (χ4n) is 5.27. The molecule has 4 rings (SSSR count). The Morgan fingerprint density at radius 3 is 2.21 bits per heavy atom. The van der Waals surface area contributed by atoms with Gasteiger partial charge in [0.25, 0.3) is 0 Å². The van der Waals surface area contributed by atoms with Crippen molar-refractivity contribution in [3.05, 3.63) is 82.9 Å². The van der Waals surface area contributed by atoms with Crippen LogP contribution in [0.3, 0.4) is 0 Å². The van der Waals surface area contributed by atoms with Crippen LogP contribution in [0.4, 0.5) is 17.6 Å². The Morgan fingerprint density at radius 1 is 0.872 bits per heavy atom. The third-order valence-corrected chi connectivity index (χ3v) is 7.39. The van der Waals surface area contributed by atoms with Crippen LogP contribution in [0.15, 0.2) is 48.5 Å². The highest BCUT2D eigenvalue weighted by atomic mass is 19.2. The van der Waals surface area contributed by atoms with Gasteiger partial charge in [-0.15, -0.1) is 0 Å². The summed E-state index contributed by atoms with van der Waals surface area (Å²) in [5.74, 6) is -5.81. The molecule has 1 unspecified atom stereocenters. The predicted octanol–water partition coefficient (Wildman–Crippen LogP) is 7.96. The summed E-state index contributed by atoms with van der Waals surface area (Å²) in [5, 5.41) is 10.3. The fraction of sp³-hybridized carbons (Fsp3) is 0.387. The SMILES string of the molecule is CCCC(O)C1CCC(c2ccc(-c3ccc(OC(=O)c4ccc(OCC)c(F)c4F)cc3)c(F)c2F)CC1. The molecule has 3 aromatic carbocycles. The Morgan fingerprint density at radius 2 is 1.56 bits per heavy atom. The summed E-state index contributed by atoms with van der Waals surface area (Å²) in [6.07, 6.45) is 4.27. The van der Waals surface area contributed by atoms with Crippen LogP contribution in [0.25, 0.3) is 11.1 Å². The van der Waals surface area contributed by atoms with Crippen molar-refractivity contribution in [2.45, 2.75) is 64.4 Å². The minimum absolute atomic E-state index is 0.0250. The third kappa shape index (κ3) is 6.27. The molecule has 208 valence electrons. The smallest absolute Gasteiger partial charge is 0.346 e. The van der Waals surface area contributed by atoms with E-state index in [1.54, 1.807) is 13.0 Å². The van der Waals surface area contributed by atoms with Crippen molar-refractivity contribution in [2.75, 3.05) is 6.61 Å². The lowest BCUT2D eigenvalue weighted by molar-refractivity contribution is 0.0723. The maximum Gasteiger partial charge on any atom is 0.346 e. The first kappa shape index (κ1) is 28.6. The summed E-state index contributed by atoms with van der Waals surface area (Å²) in [7, 11) is 0. The Hall–Kier alpha value is -3.39. The van der Waals surface area contributed by atoms with Crippen LogP contribution < -0.4 is 9.47 Å². The van der Waals surface area contributed by atoms with E-state index in [0.717, 1.165) is 37.8 Å². The largest absolute Gasteiger partial charge is 0.491 e. The molecule has 1 fully saturated rings. The van der Waals surface area contributed by atoms with Crippen LogP contribution in [0, 0.1) is 29.2 Å². The number of aliphatic hydroxyl groups is 1. The van der Waals surface area contributed by atoms with E-state index in [9.17, 15) is 18.7 Å². The molecular formula is C31H32F4O4. The zero-order valence-electron chi connectivity index (χ0n) is 22.0. The van der Waals surface area contributed by atoms with Gasteiger partial charge in [-0.3, -0.25) is 0 Å². The summed E-state index contributed by atoms with van der Waals surface area (Å²) in [6.45, 7) is 3.77. The molecule has 1 atom stereocenters. The highest BCUT2D eigenvalue weighted by Crippen LogP contribution is 2.40. The van der Waals surface area contributed by atoms with E-state index in [2.05, 4.69) is 0 Å². The zero-order chi connectivity index (χ0) is 28.1. The quantitative estimate of drug-likeness (QED) is 0.169. The van der Waals surface area contributed by atoms with E-state index in [0.29, 0.717) is 24.0 Å². The van der Waals surface area contributed by atoms with E-state index < -0.39 is 34.8 Å². The monoisotopic (exact) mass is 544 g/mol. The lowest BCUT2D eigenvalue weighted by Crippen LogP contribution is -2.25. The highest BCUT2D eigenvalue weighted by Gasteiger charge is 2.29. The number of benzene rings is 3. The first-order valence-electron chi connectivity index (χ1n) is 13.3. The average molecular weight is 545 g/mol. The van der Waals surface area contributed by atoms with Crippen molar-refractivity contribution >= 4 is 5.97 Å². The van der Waals surface area contributed by atoms with Crippen molar-refractivity contribution < 1.29 is 36.9 Å². The molecular weight excluding hydrogens is 512 g/mol. The standard InChI is InChI=1S/C31H32F4O4/c1-3-5-25(36)20-8-6-18(7-9-20)22-14-15-23(28(33)27(22)32)19-10-12-21(13-11-19)39-31(37)24-16-17-26(38-4-2)30(35)29(24)34/h10-18,20,25,36H,3-9H2,1-2H3. The molecule has 1 aliphatic rings. The van der Waals surface area contributed by atoms with E-state index in [1.165, 1.54) is 30.3 Å². The highest BCUT2D eigenvalue weighted by molar-refractivity contribution is 5.91. The van der Waals surface area contributed by atoms with Crippen LogP contribution in [-0.4, -0.2) is 23.8 Å². The maximum atomic E-state index is 15.1. The Labute approximate surface area is 225 Å². The Balaban J connectivity index is 1.45. The molecule has 0 bridgehead atoms. The lowest BCUT2D eigenvalue weighted by Gasteiger charge is -2.32. The molecule has 3 aromatic rings. The topological polar surface area (TPSA) is 55.8 Å². The minimum Gasteiger partial charge on any atom is -0.491 e. The predicted molar refractivity (Wildman–Crippen MR) is 140 cm³/mol. The number of hydrogen-bond donors (Lipinski definition) is 1. The lowest BCUT2D eigenvalue weighted by atomic mass is 9.75. The number of ether oxygens (including phenoxy) is 2. The summed E-state index contributed by atoms with van der Waals surface area (Å²) in [4.78, 5) is 12.4. The molecule has 0 aromatic heterocycles. The molecule has 0 aliphatic heterocycles. The second-order valence-electron chi connectivity index (χ2n) is 9.88. The first-order chi connectivity index (χ1) is 18.7. The van der Waals surface area contributed by atoms with E-state index in [-0.39, 0.29) is 41.6 Å². The Bertz CT molecular complexity index is 1300. The molecule has 1 saturated carbocycles. The maximum absolute atomic E-state index is 15.1. The Kier molecular flexibility index (Phi) is 9.28. The molecule has 1 aliphatic carbocycles. The van der Waals surface area contributed by atoms with Gasteiger partial charge < -0.3 is 14.6 Å². The van der Waals surface area contributed by atoms with Gasteiger partial charge in [-0.25, -0.2) is 18.0 Å². The zero-order valence-corrected chi connectivity index (χ0v) is 22.0. The summed E-state index contributed by atoms with van der Waals surface area (Å²) in [6, 6.07) is 11.0. The van der Waals surface area contributed by atoms with Crippen molar-refractivity contribution in [3.8, 4) is 22.6 Å². The summed E-state index contributed by atoms with van der Waals surface area (Å²) in [5.41, 5.74) is 0.163. The van der Waals surface area contributed by atoms with Crippen molar-refractivity contribution in [1.82, 2.24) is 0 Å². The molecule has 0 heterocycles. The second-order valence-corrected chi connectivity index (χ2v) is 9.88. The second kappa shape index (κ2) is 12.6. The minimum atomic E-state index is -1.38. The third-order valence-electron chi connectivity index (χ3n) is 7.39. The van der Waals surface area contributed by atoms with Crippen LogP contribution >= 0.6 is 0 Å². The molecule has 1 N–H and O–H groups in total. The fourth-order valence-corrected chi connectivity index (χ4v) is 5.27. The number of aliphatic hydroxyl groups excluding tert-OH is 1. The molecule has 0 amide bonds. The van der Waals surface area contributed by atoms with Gasteiger partial charge in [-0.2, -0.15) is 4.39 Å². The van der Waals surface area contributed by atoms with Crippen LogP contribution in [0.2, 0.25) is 0 Å². The van der Waals surface area contributed by atoms with Crippen LogP contribution in [0.5, 0.6) is 11.5 Å². The number of rotatable bonds is 9. The number of hydrogen-bond acceptors (Lipinski definition) is 4. The molecule has 4 nitrogen and oxygen atoms in total. The first-order valence-corrected chi connectivity index (χ1v) is 13.3. The summed E-state index contributed by atoms with van der Waals surface area (Å²) >= 11 is 0. The van der Waals surface area contributed by atoms with Crippen LogP contribution in [-0.2, 0) is 0 Å². The van der Waals surface area contributed by atoms with Gasteiger partial charge in [0.15, 0.2) is 23.2 Å². The molecule has 0 radical (unpaired) electrons. The van der Waals surface area contributed by atoms with Gasteiger partial charge in [-0.1, -0.05) is 37.6 Å². The van der Waals surface area contributed by atoms with Gasteiger partial charge in [0.1, 0.15) is 5.75 Å². The van der Waals surface area contributed by atoms with Crippen molar-refractivity contribution in [3.63, 3.8) is 0 Å². The molecule has 0 saturated heterocycles. The number of carbonyl (C=O) groups is 1. The van der Waals surface area contributed by atoms with Gasteiger partial charge in [-0.05, 0) is 86.3 Å². The van der Waals surface area contributed by atoms with Gasteiger partial charge in [0.2, 0.25) is 5.82 Å². The van der Waals surface area contributed by atoms with Crippen LogP contribution in [0.1, 0.15) is 74.2 Å². The van der Waals surface area contributed by atoms with Gasteiger partial charge >= 0.3 is 5.97 Å². The van der Waals surface area contributed by atoms with Gasteiger partial charge in [0.05, 0.1) is 18.3 Å². The molecule has 39 heavy (non-hydrogen) atoms. The average Bonchev–Trinajstić information content (AvgIpc) is 2.94. The van der Waals surface area contributed by atoms with Crippen molar-refractivity contribution in [2.24, 2.45) is 5.92 Å². The van der Waals surface area contributed by atoms with Gasteiger partial charge in [0, 0.05) is 5.56 Å². The van der Waals surface area contributed by atoms with E-state index >= 15 is 8.78 Å². The number of carbonyl (C=O) groups excluding carboxylic acids is 1. The molecule has 0 spiro atoms. The number of halogens is 4. The summed E-state index contributed by atoms with van der Waals surface area (Å²) < 4.78 is 68.8. The number of esters is 1. The normalized spacial score (nSPS) is 18.0. The van der Waals surface area contributed by atoms with E-state index in [1.807, 2.05) is 6.92 Å². The molecule has 8 heteroatoms. The van der Waals surface area contributed by atoms with Crippen molar-refractivity contribution in [1.29, 1.82) is 0 Å².